The molecule has 0 bridgehead atoms. The van der Waals surface area contributed by atoms with Gasteiger partial charge in [0.25, 0.3) is 0 Å². The highest BCUT2D eigenvalue weighted by Crippen LogP contribution is 2.28. The fraction of sp³-hybridized carbons (Fsp3) is 0.167. The molecular weight excluding hydrogens is 258 g/mol. The first-order valence-electron chi connectivity index (χ1n) is 7.21. The number of fused-ring (bicyclic) bond motifs is 2. The lowest BCUT2D eigenvalue weighted by atomic mass is 10.1. The third-order valence-corrected chi connectivity index (χ3v) is 4.00. The number of nitrogens with zero attached hydrogens (tertiary/aromatic N) is 2. The SMILES string of the molecule is CN1Cc2ccc(Nc3cccc4cccnc34)cc2C1. The van der Waals surface area contributed by atoms with Crippen LogP contribution in [0.1, 0.15) is 11.1 Å². The van der Waals surface area contributed by atoms with E-state index in [9.17, 15) is 0 Å². The number of anilines is 2. The predicted molar refractivity (Wildman–Crippen MR) is 86.6 cm³/mol. The second kappa shape index (κ2) is 4.86. The highest BCUT2D eigenvalue weighted by Gasteiger charge is 2.15. The summed E-state index contributed by atoms with van der Waals surface area (Å²) in [7, 11) is 2.15. The molecule has 0 saturated carbocycles. The molecule has 1 N–H and O–H groups in total. The summed E-state index contributed by atoms with van der Waals surface area (Å²) in [6.45, 7) is 2.07. The average molecular weight is 275 g/mol. The molecule has 0 spiro atoms. The Morgan fingerprint density at radius 2 is 1.86 bits per heavy atom. The molecule has 0 unspecified atom stereocenters. The molecule has 21 heavy (non-hydrogen) atoms. The summed E-state index contributed by atoms with van der Waals surface area (Å²) < 4.78 is 0. The summed E-state index contributed by atoms with van der Waals surface area (Å²) in [5, 5.41) is 4.67. The molecule has 2 aromatic carbocycles. The molecule has 0 fully saturated rings. The van der Waals surface area contributed by atoms with Crippen LogP contribution in [0.25, 0.3) is 10.9 Å². The van der Waals surface area contributed by atoms with Crippen molar-refractivity contribution < 1.29 is 0 Å². The zero-order valence-electron chi connectivity index (χ0n) is 12.0. The van der Waals surface area contributed by atoms with Crippen molar-refractivity contribution in [2.24, 2.45) is 0 Å². The van der Waals surface area contributed by atoms with Crippen LogP contribution in [0.3, 0.4) is 0 Å². The third-order valence-electron chi connectivity index (χ3n) is 4.00. The van der Waals surface area contributed by atoms with Crippen molar-refractivity contribution in [3.05, 3.63) is 65.9 Å². The predicted octanol–water partition coefficient (Wildman–Crippen LogP) is 3.92. The molecule has 0 saturated heterocycles. The third kappa shape index (κ3) is 2.26. The smallest absolute Gasteiger partial charge is 0.0936 e. The zero-order chi connectivity index (χ0) is 14.2. The van der Waals surface area contributed by atoms with E-state index in [1.165, 1.54) is 11.1 Å². The summed E-state index contributed by atoms with van der Waals surface area (Å²) in [6.07, 6.45) is 1.84. The highest BCUT2D eigenvalue weighted by atomic mass is 15.1. The molecular formula is C18H17N3. The second-order valence-electron chi connectivity index (χ2n) is 5.66. The molecule has 2 heterocycles. The fourth-order valence-corrected chi connectivity index (χ4v) is 3.00. The van der Waals surface area contributed by atoms with Gasteiger partial charge in [0, 0.05) is 30.4 Å². The molecule has 3 aromatic rings. The maximum atomic E-state index is 4.49. The summed E-state index contributed by atoms with van der Waals surface area (Å²) >= 11 is 0. The lowest BCUT2D eigenvalue weighted by Crippen LogP contribution is -2.07. The molecule has 1 aromatic heterocycles. The molecule has 3 heteroatoms. The standard InChI is InChI=1S/C18H17N3/c1-21-11-14-7-8-16(10-15(14)12-21)20-17-6-2-4-13-5-3-9-19-18(13)17/h2-10,20H,11-12H2,1H3. The van der Waals surface area contributed by atoms with Crippen LogP contribution in [0.4, 0.5) is 11.4 Å². The van der Waals surface area contributed by atoms with Crippen LogP contribution in [0.2, 0.25) is 0 Å². The number of rotatable bonds is 2. The lowest BCUT2D eigenvalue weighted by Gasteiger charge is -2.10. The molecule has 4 rings (SSSR count). The Balaban J connectivity index is 1.71. The van der Waals surface area contributed by atoms with Crippen LogP contribution in [0.5, 0.6) is 0 Å². The number of benzene rings is 2. The van der Waals surface area contributed by atoms with E-state index < -0.39 is 0 Å². The number of hydrogen-bond acceptors (Lipinski definition) is 3. The molecule has 1 aliphatic heterocycles. The van der Waals surface area contributed by atoms with Crippen LogP contribution in [0, 0.1) is 0 Å². The molecule has 3 nitrogen and oxygen atoms in total. The Morgan fingerprint density at radius 3 is 2.81 bits per heavy atom. The molecule has 104 valence electrons. The summed E-state index contributed by atoms with van der Waals surface area (Å²) in [6, 6.07) is 16.9. The minimum atomic E-state index is 1.01. The second-order valence-corrected chi connectivity index (χ2v) is 5.66. The molecule has 1 aliphatic rings. The van der Waals surface area contributed by atoms with Crippen LogP contribution in [-0.4, -0.2) is 16.9 Å². The first kappa shape index (κ1) is 12.4. The normalized spacial score (nSPS) is 14.3. The van der Waals surface area contributed by atoms with Gasteiger partial charge >= 0.3 is 0 Å². The first-order valence-corrected chi connectivity index (χ1v) is 7.21. The van der Waals surface area contributed by atoms with Gasteiger partial charge < -0.3 is 5.32 Å². The van der Waals surface area contributed by atoms with E-state index in [2.05, 4.69) is 64.7 Å². The van der Waals surface area contributed by atoms with E-state index >= 15 is 0 Å². The van der Waals surface area contributed by atoms with Crippen LogP contribution < -0.4 is 5.32 Å². The van der Waals surface area contributed by atoms with Crippen LogP contribution >= 0.6 is 0 Å². The van der Waals surface area contributed by atoms with Gasteiger partial charge in [-0.2, -0.15) is 0 Å². The first-order chi connectivity index (χ1) is 10.3. The van der Waals surface area contributed by atoms with Crippen molar-refractivity contribution in [1.29, 1.82) is 0 Å². The highest BCUT2D eigenvalue weighted by molar-refractivity contribution is 5.91. The van der Waals surface area contributed by atoms with E-state index in [0.29, 0.717) is 0 Å². The van der Waals surface area contributed by atoms with Gasteiger partial charge in [0.1, 0.15) is 0 Å². The number of hydrogen-bond donors (Lipinski definition) is 1. The molecule has 0 radical (unpaired) electrons. The minimum absolute atomic E-state index is 1.01. The van der Waals surface area contributed by atoms with Crippen molar-refractivity contribution in [2.45, 2.75) is 13.1 Å². The van der Waals surface area contributed by atoms with Gasteiger partial charge in [-0.3, -0.25) is 9.88 Å². The summed E-state index contributed by atoms with van der Waals surface area (Å²) in [5.74, 6) is 0. The molecule has 0 aliphatic carbocycles. The number of para-hydroxylation sites is 1. The van der Waals surface area contributed by atoms with E-state index in [0.717, 1.165) is 35.4 Å². The Labute approximate surface area is 124 Å². The van der Waals surface area contributed by atoms with Crippen molar-refractivity contribution in [1.82, 2.24) is 9.88 Å². The Morgan fingerprint density at radius 1 is 1.00 bits per heavy atom. The van der Waals surface area contributed by atoms with Crippen molar-refractivity contribution in [3.63, 3.8) is 0 Å². The Bertz CT molecular complexity index is 805. The van der Waals surface area contributed by atoms with Gasteiger partial charge in [-0.15, -0.1) is 0 Å². The maximum Gasteiger partial charge on any atom is 0.0936 e. The number of aromatic nitrogens is 1. The number of nitrogens with one attached hydrogen (secondary N) is 1. The van der Waals surface area contributed by atoms with Gasteiger partial charge in [0.2, 0.25) is 0 Å². The van der Waals surface area contributed by atoms with Crippen molar-refractivity contribution >= 4 is 22.3 Å². The van der Waals surface area contributed by atoms with Gasteiger partial charge in [-0.1, -0.05) is 24.3 Å². The topological polar surface area (TPSA) is 28.2 Å². The monoisotopic (exact) mass is 275 g/mol. The van der Waals surface area contributed by atoms with E-state index in [4.69, 9.17) is 0 Å². The summed E-state index contributed by atoms with van der Waals surface area (Å²) in [5.41, 5.74) is 6.04. The minimum Gasteiger partial charge on any atom is -0.354 e. The van der Waals surface area contributed by atoms with Gasteiger partial charge in [-0.25, -0.2) is 0 Å². The quantitative estimate of drug-likeness (QED) is 0.768. The molecule has 0 atom stereocenters. The fourth-order valence-electron chi connectivity index (χ4n) is 3.00. The zero-order valence-corrected chi connectivity index (χ0v) is 12.0. The van der Waals surface area contributed by atoms with Crippen molar-refractivity contribution in [2.75, 3.05) is 12.4 Å². The van der Waals surface area contributed by atoms with Gasteiger partial charge in [-0.05, 0) is 42.4 Å². The largest absolute Gasteiger partial charge is 0.354 e. The summed E-state index contributed by atoms with van der Waals surface area (Å²) in [4.78, 5) is 6.82. The molecule has 0 amide bonds. The van der Waals surface area contributed by atoms with Crippen molar-refractivity contribution in [3.8, 4) is 0 Å². The Kier molecular flexibility index (Phi) is 2.86. The van der Waals surface area contributed by atoms with E-state index in [-0.39, 0.29) is 0 Å². The van der Waals surface area contributed by atoms with Crippen LogP contribution in [0.15, 0.2) is 54.7 Å². The number of pyridine rings is 1. The van der Waals surface area contributed by atoms with Gasteiger partial charge in [0.15, 0.2) is 0 Å². The van der Waals surface area contributed by atoms with E-state index in [1.54, 1.807) is 0 Å². The van der Waals surface area contributed by atoms with Gasteiger partial charge in [0.05, 0.1) is 11.2 Å². The average Bonchev–Trinajstić information content (AvgIpc) is 2.87. The maximum absolute atomic E-state index is 4.49. The lowest BCUT2D eigenvalue weighted by molar-refractivity contribution is 0.353. The van der Waals surface area contributed by atoms with E-state index in [1.807, 2.05) is 12.3 Å². The van der Waals surface area contributed by atoms with Crippen LogP contribution in [-0.2, 0) is 13.1 Å². The Hall–Kier alpha value is -2.39.